The van der Waals surface area contributed by atoms with Gasteiger partial charge in [-0.05, 0) is 31.4 Å². The Balaban J connectivity index is 1.82. The number of hydrogen-bond acceptors (Lipinski definition) is 4. The van der Waals surface area contributed by atoms with Crippen LogP contribution in [0.25, 0.3) is 0 Å². The molecule has 1 aliphatic heterocycles. The van der Waals surface area contributed by atoms with Crippen LogP contribution in [0, 0.1) is 5.92 Å². The van der Waals surface area contributed by atoms with E-state index in [1.807, 2.05) is 18.2 Å². The van der Waals surface area contributed by atoms with Crippen molar-refractivity contribution in [1.82, 2.24) is 10.2 Å². The van der Waals surface area contributed by atoms with Gasteiger partial charge in [0.2, 0.25) is 11.8 Å². The first-order valence-electron chi connectivity index (χ1n) is 8.83. The van der Waals surface area contributed by atoms with Gasteiger partial charge in [-0.25, -0.2) is 0 Å². The smallest absolute Gasteiger partial charge is 0.220 e. The van der Waals surface area contributed by atoms with Gasteiger partial charge in [0.25, 0.3) is 0 Å². The molecule has 2 atom stereocenters. The third kappa shape index (κ3) is 6.31. The number of nitrogens with one attached hydrogen (secondary N) is 1. The molecule has 1 saturated heterocycles. The summed E-state index contributed by atoms with van der Waals surface area (Å²) in [6.45, 7) is 3.63. The van der Waals surface area contributed by atoms with E-state index in [-0.39, 0.29) is 24.0 Å². The van der Waals surface area contributed by atoms with E-state index in [1.165, 1.54) is 5.56 Å². The van der Waals surface area contributed by atoms with Gasteiger partial charge in [0.1, 0.15) is 0 Å². The highest BCUT2D eigenvalue weighted by atomic mass is 16.2. The van der Waals surface area contributed by atoms with Crippen molar-refractivity contribution in [3.05, 3.63) is 35.9 Å². The van der Waals surface area contributed by atoms with Crippen molar-refractivity contribution in [2.24, 2.45) is 11.7 Å². The average molecular weight is 345 g/mol. The molecule has 0 bridgehead atoms. The minimum atomic E-state index is -0.433. The molecule has 2 rings (SSSR count). The molecule has 6 heteroatoms. The lowest BCUT2D eigenvalue weighted by Gasteiger charge is -2.19. The molecule has 1 aromatic carbocycles. The predicted octanol–water partition coefficient (Wildman–Crippen LogP) is 1.24. The second-order valence-electron chi connectivity index (χ2n) is 6.77. The highest BCUT2D eigenvalue weighted by molar-refractivity contribution is 5.90. The molecule has 0 aliphatic carbocycles. The van der Waals surface area contributed by atoms with E-state index in [1.54, 1.807) is 6.92 Å². The summed E-state index contributed by atoms with van der Waals surface area (Å²) >= 11 is 0. The zero-order valence-corrected chi connectivity index (χ0v) is 14.7. The van der Waals surface area contributed by atoms with Crippen molar-refractivity contribution in [2.45, 2.75) is 45.2 Å². The van der Waals surface area contributed by atoms with E-state index < -0.39 is 11.9 Å². The predicted molar refractivity (Wildman–Crippen MR) is 95.5 cm³/mol. The van der Waals surface area contributed by atoms with Gasteiger partial charge >= 0.3 is 0 Å². The van der Waals surface area contributed by atoms with Gasteiger partial charge < -0.3 is 11.1 Å². The normalized spacial score (nSPS) is 19.9. The standard InChI is InChI=1S/C19H27N3O3/c1-14(19(20)25)9-10-18(24)21-16-8-5-11-22(13-17(16)23)12-15-6-3-2-4-7-15/h2-4,6-7,14,16H,5,8-13H2,1H3,(H2,20,25)(H,21,24)/t14?,16-/m0/s1. The Hall–Kier alpha value is -2.21. The maximum Gasteiger partial charge on any atom is 0.220 e. The molecule has 6 nitrogen and oxygen atoms in total. The van der Waals surface area contributed by atoms with Crippen molar-refractivity contribution in [1.29, 1.82) is 0 Å². The van der Waals surface area contributed by atoms with Crippen LogP contribution in [-0.2, 0) is 20.9 Å². The number of primary amides is 1. The topological polar surface area (TPSA) is 92.5 Å². The maximum absolute atomic E-state index is 12.5. The molecule has 1 aliphatic rings. The number of carbonyl (C=O) groups excluding carboxylic acids is 3. The second kappa shape index (κ2) is 9.32. The summed E-state index contributed by atoms with van der Waals surface area (Å²) in [6.07, 6.45) is 2.13. The Morgan fingerprint density at radius 1 is 1.32 bits per heavy atom. The number of ketones is 1. The molecule has 1 fully saturated rings. The number of amides is 2. The molecule has 1 unspecified atom stereocenters. The van der Waals surface area contributed by atoms with Gasteiger partial charge in [-0.15, -0.1) is 0 Å². The first-order valence-corrected chi connectivity index (χ1v) is 8.83. The third-order valence-corrected chi connectivity index (χ3v) is 4.61. The van der Waals surface area contributed by atoms with Gasteiger partial charge in [-0.2, -0.15) is 0 Å². The van der Waals surface area contributed by atoms with Gasteiger partial charge in [0.05, 0.1) is 12.6 Å². The van der Waals surface area contributed by atoms with Crippen LogP contribution < -0.4 is 11.1 Å². The van der Waals surface area contributed by atoms with Crippen molar-refractivity contribution < 1.29 is 14.4 Å². The van der Waals surface area contributed by atoms with Crippen LogP contribution in [0.15, 0.2) is 30.3 Å². The van der Waals surface area contributed by atoms with Crippen LogP contribution in [0.5, 0.6) is 0 Å². The highest BCUT2D eigenvalue weighted by Gasteiger charge is 2.26. The maximum atomic E-state index is 12.5. The number of Topliss-reactive ketones (excluding diaryl/α,β-unsaturated/α-hetero) is 1. The monoisotopic (exact) mass is 345 g/mol. The van der Waals surface area contributed by atoms with E-state index in [9.17, 15) is 14.4 Å². The van der Waals surface area contributed by atoms with E-state index in [0.717, 1.165) is 19.5 Å². The number of nitrogens with zero attached hydrogens (tertiary/aromatic N) is 1. The van der Waals surface area contributed by atoms with Crippen LogP contribution >= 0.6 is 0 Å². The van der Waals surface area contributed by atoms with E-state index in [2.05, 4.69) is 22.3 Å². The van der Waals surface area contributed by atoms with Crippen LogP contribution in [0.3, 0.4) is 0 Å². The van der Waals surface area contributed by atoms with Crippen molar-refractivity contribution in [3.8, 4) is 0 Å². The fourth-order valence-corrected chi connectivity index (χ4v) is 2.98. The first kappa shape index (κ1) is 19.1. The summed E-state index contributed by atoms with van der Waals surface area (Å²) in [5.74, 6) is -0.889. The average Bonchev–Trinajstić information content (AvgIpc) is 2.75. The molecular weight excluding hydrogens is 318 g/mol. The Morgan fingerprint density at radius 3 is 2.72 bits per heavy atom. The van der Waals surface area contributed by atoms with Crippen LogP contribution in [0.1, 0.15) is 38.2 Å². The highest BCUT2D eigenvalue weighted by Crippen LogP contribution is 2.13. The Morgan fingerprint density at radius 2 is 2.04 bits per heavy atom. The fourth-order valence-electron chi connectivity index (χ4n) is 2.98. The van der Waals surface area contributed by atoms with E-state index in [0.29, 0.717) is 19.4 Å². The van der Waals surface area contributed by atoms with Crippen LogP contribution in [-0.4, -0.2) is 41.6 Å². The van der Waals surface area contributed by atoms with Crippen molar-refractivity contribution in [3.63, 3.8) is 0 Å². The van der Waals surface area contributed by atoms with E-state index >= 15 is 0 Å². The molecule has 3 N–H and O–H groups in total. The van der Waals surface area contributed by atoms with Crippen LogP contribution in [0.4, 0.5) is 0 Å². The quantitative estimate of drug-likeness (QED) is 0.777. The first-order chi connectivity index (χ1) is 12.0. The summed E-state index contributed by atoms with van der Waals surface area (Å²) in [7, 11) is 0. The molecule has 0 aromatic heterocycles. The van der Waals surface area contributed by atoms with Gasteiger partial charge in [0.15, 0.2) is 5.78 Å². The zero-order chi connectivity index (χ0) is 18.2. The molecule has 136 valence electrons. The summed E-state index contributed by atoms with van der Waals surface area (Å²) in [5, 5.41) is 2.82. The molecule has 0 radical (unpaired) electrons. The van der Waals surface area contributed by atoms with Crippen molar-refractivity contribution >= 4 is 17.6 Å². The summed E-state index contributed by atoms with van der Waals surface area (Å²) < 4.78 is 0. The van der Waals surface area contributed by atoms with Crippen molar-refractivity contribution in [2.75, 3.05) is 13.1 Å². The number of rotatable bonds is 7. The summed E-state index contributed by atoms with van der Waals surface area (Å²) in [5.41, 5.74) is 6.38. The van der Waals surface area contributed by atoms with Crippen LogP contribution in [0.2, 0.25) is 0 Å². The Labute approximate surface area is 148 Å². The SMILES string of the molecule is CC(CCC(=O)N[C@H]1CCCN(Cc2ccccc2)CC1=O)C(N)=O. The lowest BCUT2D eigenvalue weighted by atomic mass is 10.0. The van der Waals surface area contributed by atoms with Gasteiger partial charge in [0, 0.05) is 18.9 Å². The molecule has 1 aromatic rings. The van der Waals surface area contributed by atoms with Gasteiger partial charge in [-0.1, -0.05) is 37.3 Å². The minimum Gasteiger partial charge on any atom is -0.369 e. The number of benzene rings is 1. The molecule has 0 saturated carbocycles. The zero-order valence-electron chi connectivity index (χ0n) is 14.7. The lowest BCUT2D eigenvalue weighted by molar-refractivity contribution is -0.128. The molecule has 25 heavy (non-hydrogen) atoms. The number of nitrogens with two attached hydrogens (primary N) is 1. The summed E-state index contributed by atoms with van der Waals surface area (Å²) in [4.78, 5) is 37.6. The lowest BCUT2D eigenvalue weighted by Crippen LogP contribution is -2.43. The summed E-state index contributed by atoms with van der Waals surface area (Å²) in [6, 6.07) is 9.62. The van der Waals surface area contributed by atoms with Gasteiger partial charge in [-0.3, -0.25) is 19.3 Å². The second-order valence-corrected chi connectivity index (χ2v) is 6.77. The Kier molecular flexibility index (Phi) is 7.13. The largest absolute Gasteiger partial charge is 0.369 e. The number of carbonyl (C=O) groups is 3. The fraction of sp³-hybridized carbons (Fsp3) is 0.526. The molecular formula is C19H27N3O3. The molecule has 0 spiro atoms. The number of hydrogen-bond donors (Lipinski definition) is 2. The van der Waals surface area contributed by atoms with E-state index in [4.69, 9.17) is 5.73 Å². The number of likely N-dealkylation sites (tertiary alicyclic amines) is 1. The minimum absolute atomic E-state index is 0.0460. The molecule has 2 amide bonds. The Bertz CT molecular complexity index is 603. The third-order valence-electron chi connectivity index (χ3n) is 4.61. The molecule has 1 heterocycles.